The highest BCUT2D eigenvalue weighted by Gasteiger charge is 2.14. The zero-order chi connectivity index (χ0) is 13.8. The van der Waals surface area contributed by atoms with Crippen molar-refractivity contribution >= 4 is 28.4 Å². The first kappa shape index (κ1) is 14.2. The summed E-state index contributed by atoms with van der Waals surface area (Å²) in [4.78, 5) is 13.5. The van der Waals surface area contributed by atoms with E-state index in [0.717, 1.165) is 46.0 Å². The highest BCUT2D eigenvalue weighted by molar-refractivity contribution is 14.1. The number of imidazole rings is 1. The fourth-order valence-corrected chi connectivity index (χ4v) is 2.72. The summed E-state index contributed by atoms with van der Waals surface area (Å²) >= 11 is 2.31. The molecule has 5 nitrogen and oxygen atoms in total. The molecule has 0 aliphatic heterocycles. The van der Waals surface area contributed by atoms with Crippen LogP contribution in [0.25, 0.3) is 11.5 Å². The van der Waals surface area contributed by atoms with Gasteiger partial charge in [-0.1, -0.05) is 13.3 Å². The van der Waals surface area contributed by atoms with E-state index in [1.54, 1.807) is 0 Å². The van der Waals surface area contributed by atoms with Crippen molar-refractivity contribution in [3.05, 3.63) is 21.8 Å². The normalized spacial score (nSPS) is 10.7. The molecule has 6 heteroatoms. The molecule has 2 rings (SSSR count). The minimum absolute atomic E-state index is 0.743. The molecule has 0 spiro atoms. The standard InChI is InChI=1S/C13H18IN5/c1-4-6-9-11(14)13(15-3)18-12(17-9)10-7-16-8-19(10)5-2/h7-8H,4-6H2,1-3H3,(H,15,17,18). The Balaban J connectivity index is 2.54. The lowest BCUT2D eigenvalue weighted by Crippen LogP contribution is -2.07. The Morgan fingerprint density at radius 1 is 1.32 bits per heavy atom. The summed E-state index contributed by atoms with van der Waals surface area (Å²) in [5.74, 6) is 1.63. The van der Waals surface area contributed by atoms with E-state index >= 15 is 0 Å². The molecule has 2 aromatic rings. The summed E-state index contributed by atoms with van der Waals surface area (Å²) in [6.07, 6.45) is 5.67. The zero-order valence-electron chi connectivity index (χ0n) is 11.4. The van der Waals surface area contributed by atoms with Crippen LogP contribution >= 0.6 is 22.6 Å². The van der Waals surface area contributed by atoms with Gasteiger partial charge in [0.1, 0.15) is 11.5 Å². The van der Waals surface area contributed by atoms with Gasteiger partial charge in [-0.3, -0.25) is 0 Å². The molecule has 0 fully saturated rings. The topological polar surface area (TPSA) is 55.6 Å². The van der Waals surface area contributed by atoms with Crippen molar-refractivity contribution in [1.82, 2.24) is 19.5 Å². The molecule has 0 unspecified atom stereocenters. The average Bonchev–Trinajstić information content (AvgIpc) is 2.89. The van der Waals surface area contributed by atoms with E-state index < -0.39 is 0 Å². The summed E-state index contributed by atoms with van der Waals surface area (Å²) in [7, 11) is 1.89. The molecule has 2 heterocycles. The Bertz CT molecular complexity index is 564. The maximum Gasteiger partial charge on any atom is 0.180 e. The lowest BCUT2D eigenvalue weighted by molar-refractivity contribution is 0.761. The van der Waals surface area contributed by atoms with Crippen molar-refractivity contribution in [2.75, 3.05) is 12.4 Å². The minimum atomic E-state index is 0.743. The van der Waals surface area contributed by atoms with Gasteiger partial charge in [-0.15, -0.1) is 0 Å². The number of aryl methyl sites for hydroxylation is 2. The smallest absolute Gasteiger partial charge is 0.180 e. The first-order chi connectivity index (χ1) is 9.21. The van der Waals surface area contributed by atoms with Crippen LogP contribution in [0, 0.1) is 3.57 Å². The number of aromatic nitrogens is 4. The van der Waals surface area contributed by atoms with Crippen molar-refractivity contribution in [1.29, 1.82) is 0 Å². The molecule has 102 valence electrons. The molecule has 0 radical (unpaired) electrons. The number of nitrogens with one attached hydrogen (secondary N) is 1. The van der Waals surface area contributed by atoms with Gasteiger partial charge >= 0.3 is 0 Å². The summed E-state index contributed by atoms with van der Waals surface area (Å²) in [6.45, 7) is 5.11. The molecule has 1 N–H and O–H groups in total. The van der Waals surface area contributed by atoms with Gasteiger partial charge in [0.25, 0.3) is 0 Å². The average molecular weight is 371 g/mol. The monoisotopic (exact) mass is 371 g/mol. The van der Waals surface area contributed by atoms with Crippen molar-refractivity contribution in [2.45, 2.75) is 33.2 Å². The van der Waals surface area contributed by atoms with E-state index in [0.29, 0.717) is 0 Å². The molecular formula is C13H18IN5. The van der Waals surface area contributed by atoms with Gasteiger partial charge in [0.15, 0.2) is 5.82 Å². The van der Waals surface area contributed by atoms with Crippen LogP contribution in [-0.2, 0) is 13.0 Å². The lowest BCUT2D eigenvalue weighted by atomic mass is 10.2. The molecule has 0 bridgehead atoms. The van der Waals surface area contributed by atoms with E-state index in [1.807, 2.05) is 19.6 Å². The molecule has 0 aliphatic carbocycles. The van der Waals surface area contributed by atoms with Crippen LogP contribution in [0.3, 0.4) is 0 Å². The van der Waals surface area contributed by atoms with Crippen LogP contribution in [0.5, 0.6) is 0 Å². The summed E-state index contributed by atoms with van der Waals surface area (Å²) in [6, 6.07) is 0. The van der Waals surface area contributed by atoms with E-state index in [1.165, 1.54) is 0 Å². The number of nitrogens with zero attached hydrogens (tertiary/aromatic N) is 4. The van der Waals surface area contributed by atoms with Gasteiger partial charge in [0.05, 0.1) is 21.8 Å². The fourth-order valence-electron chi connectivity index (χ4n) is 1.94. The second kappa shape index (κ2) is 6.31. The molecule has 0 aromatic carbocycles. The predicted octanol–water partition coefficient (Wildman–Crippen LogP) is 2.96. The second-order valence-corrected chi connectivity index (χ2v) is 5.30. The number of anilines is 1. The van der Waals surface area contributed by atoms with E-state index in [4.69, 9.17) is 4.98 Å². The number of halogens is 1. The molecular weight excluding hydrogens is 353 g/mol. The quantitative estimate of drug-likeness (QED) is 0.822. The Hall–Kier alpha value is -1.18. The van der Waals surface area contributed by atoms with Crippen LogP contribution in [0.15, 0.2) is 12.5 Å². The van der Waals surface area contributed by atoms with Gasteiger partial charge in [-0.25, -0.2) is 15.0 Å². The Morgan fingerprint density at radius 2 is 2.11 bits per heavy atom. The molecule has 0 atom stereocenters. The van der Waals surface area contributed by atoms with Gasteiger partial charge < -0.3 is 9.88 Å². The third-order valence-electron chi connectivity index (χ3n) is 2.93. The van der Waals surface area contributed by atoms with Crippen LogP contribution in [0.4, 0.5) is 5.82 Å². The SMILES string of the molecule is CCCc1nc(-c2cncn2CC)nc(NC)c1I. The number of hydrogen-bond donors (Lipinski definition) is 1. The van der Waals surface area contributed by atoms with Crippen LogP contribution < -0.4 is 5.32 Å². The minimum Gasteiger partial charge on any atom is -0.372 e. The Morgan fingerprint density at radius 3 is 2.74 bits per heavy atom. The fraction of sp³-hybridized carbons (Fsp3) is 0.462. The third kappa shape index (κ3) is 2.88. The van der Waals surface area contributed by atoms with Crippen molar-refractivity contribution in [3.8, 4) is 11.5 Å². The maximum atomic E-state index is 4.70. The first-order valence-corrected chi connectivity index (χ1v) is 7.53. The van der Waals surface area contributed by atoms with Crippen LogP contribution in [-0.4, -0.2) is 26.6 Å². The Kier molecular flexibility index (Phi) is 4.73. The van der Waals surface area contributed by atoms with Gasteiger partial charge in [0, 0.05) is 13.6 Å². The van der Waals surface area contributed by atoms with Gasteiger partial charge in [-0.2, -0.15) is 0 Å². The Labute approximate surface area is 127 Å². The largest absolute Gasteiger partial charge is 0.372 e. The summed E-state index contributed by atoms with van der Waals surface area (Å²) < 4.78 is 3.16. The van der Waals surface area contributed by atoms with Gasteiger partial charge in [-0.05, 0) is 35.9 Å². The number of rotatable bonds is 5. The molecule has 0 aliphatic rings. The summed E-state index contributed by atoms with van der Waals surface area (Å²) in [5.41, 5.74) is 2.06. The molecule has 0 amide bonds. The lowest BCUT2D eigenvalue weighted by Gasteiger charge is -2.11. The highest BCUT2D eigenvalue weighted by atomic mass is 127. The highest BCUT2D eigenvalue weighted by Crippen LogP contribution is 2.24. The summed E-state index contributed by atoms with van der Waals surface area (Å²) in [5, 5.41) is 3.15. The maximum absolute atomic E-state index is 4.70. The zero-order valence-corrected chi connectivity index (χ0v) is 13.6. The van der Waals surface area contributed by atoms with Gasteiger partial charge in [0.2, 0.25) is 0 Å². The molecule has 19 heavy (non-hydrogen) atoms. The number of hydrogen-bond acceptors (Lipinski definition) is 4. The molecule has 0 saturated carbocycles. The van der Waals surface area contributed by atoms with Crippen molar-refractivity contribution in [2.24, 2.45) is 0 Å². The molecule has 0 saturated heterocycles. The first-order valence-electron chi connectivity index (χ1n) is 6.45. The van der Waals surface area contributed by atoms with Crippen LogP contribution in [0.1, 0.15) is 26.0 Å². The van der Waals surface area contributed by atoms with E-state index in [2.05, 4.69) is 56.3 Å². The molecule has 2 aromatic heterocycles. The van der Waals surface area contributed by atoms with Crippen molar-refractivity contribution in [3.63, 3.8) is 0 Å². The van der Waals surface area contributed by atoms with E-state index in [-0.39, 0.29) is 0 Å². The van der Waals surface area contributed by atoms with Crippen LogP contribution in [0.2, 0.25) is 0 Å². The van der Waals surface area contributed by atoms with Crippen molar-refractivity contribution < 1.29 is 0 Å². The second-order valence-electron chi connectivity index (χ2n) is 4.22. The predicted molar refractivity (Wildman–Crippen MR) is 85.2 cm³/mol. The third-order valence-corrected chi connectivity index (χ3v) is 4.06. The van der Waals surface area contributed by atoms with E-state index in [9.17, 15) is 0 Å².